The zero-order valence-corrected chi connectivity index (χ0v) is 10.6. The van der Waals surface area contributed by atoms with E-state index in [0.717, 1.165) is 23.5 Å². The Balaban J connectivity index is 1.94. The maximum absolute atomic E-state index is 9.19. The Morgan fingerprint density at radius 2 is 1.63 bits per heavy atom. The van der Waals surface area contributed by atoms with Gasteiger partial charge < -0.3 is 14.6 Å². The van der Waals surface area contributed by atoms with Crippen LogP contribution in [0, 0.1) is 0 Å². The number of ether oxygens (including phenoxy) is 2. The molecular formula is C16H16O3. The van der Waals surface area contributed by atoms with E-state index in [-0.39, 0.29) is 13.4 Å². The summed E-state index contributed by atoms with van der Waals surface area (Å²) in [5.74, 6) is 1.58. The van der Waals surface area contributed by atoms with Crippen molar-refractivity contribution < 1.29 is 14.6 Å². The van der Waals surface area contributed by atoms with E-state index in [1.807, 2.05) is 30.3 Å². The zero-order valence-electron chi connectivity index (χ0n) is 10.6. The first-order chi connectivity index (χ1) is 9.36. The van der Waals surface area contributed by atoms with Crippen molar-refractivity contribution in [3.05, 3.63) is 59.2 Å². The van der Waals surface area contributed by atoms with Crippen molar-refractivity contribution in [3.63, 3.8) is 0 Å². The topological polar surface area (TPSA) is 38.7 Å². The van der Waals surface area contributed by atoms with Crippen LogP contribution in [0.2, 0.25) is 0 Å². The smallest absolute Gasteiger partial charge is 0.231 e. The number of fused-ring (bicyclic) bond motifs is 1. The van der Waals surface area contributed by atoms with Gasteiger partial charge in [-0.25, -0.2) is 0 Å². The number of hydrogen-bond acceptors (Lipinski definition) is 3. The molecular weight excluding hydrogens is 240 g/mol. The van der Waals surface area contributed by atoms with Crippen LogP contribution < -0.4 is 9.47 Å². The summed E-state index contributed by atoms with van der Waals surface area (Å²) in [5, 5.41) is 9.19. The summed E-state index contributed by atoms with van der Waals surface area (Å²) in [5.41, 5.74) is 3.56. The molecule has 2 aromatic rings. The van der Waals surface area contributed by atoms with Crippen LogP contribution in [0.1, 0.15) is 16.7 Å². The van der Waals surface area contributed by atoms with Gasteiger partial charge in [0, 0.05) is 6.61 Å². The minimum Gasteiger partial charge on any atom is -0.454 e. The Morgan fingerprint density at radius 3 is 2.32 bits per heavy atom. The molecule has 1 aliphatic heterocycles. The number of hydrogen-bond donors (Lipinski definition) is 1. The number of aliphatic hydroxyl groups is 1. The monoisotopic (exact) mass is 256 g/mol. The fourth-order valence-electron chi connectivity index (χ4n) is 2.36. The van der Waals surface area contributed by atoms with Gasteiger partial charge in [0.05, 0.1) is 0 Å². The van der Waals surface area contributed by atoms with E-state index in [1.54, 1.807) is 0 Å². The molecule has 3 heteroatoms. The predicted molar refractivity (Wildman–Crippen MR) is 72.6 cm³/mol. The Bertz CT molecular complexity index is 564. The molecule has 1 aliphatic rings. The standard InChI is InChI=1S/C16H16O3/c17-7-6-13-9-15-16(19-11-18-15)10-14(13)8-12-4-2-1-3-5-12/h1-5,9-10,17H,6-8,11H2. The van der Waals surface area contributed by atoms with Crippen LogP contribution in [0.15, 0.2) is 42.5 Å². The van der Waals surface area contributed by atoms with Gasteiger partial charge in [0.25, 0.3) is 0 Å². The Labute approximate surface area is 112 Å². The molecule has 0 aliphatic carbocycles. The maximum atomic E-state index is 9.19. The summed E-state index contributed by atoms with van der Waals surface area (Å²) in [6.45, 7) is 0.421. The fourth-order valence-corrected chi connectivity index (χ4v) is 2.36. The minimum atomic E-state index is 0.140. The lowest BCUT2D eigenvalue weighted by atomic mass is 9.97. The van der Waals surface area contributed by atoms with Crippen LogP contribution in [-0.4, -0.2) is 18.5 Å². The third-order valence-electron chi connectivity index (χ3n) is 3.31. The molecule has 0 atom stereocenters. The van der Waals surface area contributed by atoms with Gasteiger partial charge in [0.15, 0.2) is 11.5 Å². The minimum absolute atomic E-state index is 0.140. The van der Waals surface area contributed by atoms with Gasteiger partial charge in [-0.3, -0.25) is 0 Å². The van der Waals surface area contributed by atoms with Crippen molar-refractivity contribution in [2.24, 2.45) is 0 Å². The van der Waals surface area contributed by atoms with E-state index >= 15 is 0 Å². The van der Waals surface area contributed by atoms with E-state index in [9.17, 15) is 5.11 Å². The number of benzene rings is 2. The van der Waals surface area contributed by atoms with Gasteiger partial charge >= 0.3 is 0 Å². The molecule has 0 unspecified atom stereocenters. The first-order valence-corrected chi connectivity index (χ1v) is 6.43. The second-order valence-corrected chi connectivity index (χ2v) is 4.61. The second-order valence-electron chi connectivity index (χ2n) is 4.61. The summed E-state index contributed by atoms with van der Waals surface area (Å²) in [6, 6.07) is 14.3. The van der Waals surface area contributed by atoms with Crippen LogP contribution in [-0.2, 0) is 12.8 Å². The SMILES string of the molecule is OCCc1cc2c(cc1Cc1ccccc1)OCO2. The molecule has 98 valence electrons. The third kappa shape index (κ3) is 2.56. The lowest BCUT2D eigenvalue weighted by molar-refractivity contribution is 0.174. The Hall–Kier alpha value is -2.00. The predicted octanol–water partition coefficient (Wildman–Crippen LogP) is 2.54. The number of aliphatic hydroxyl groups excluding tert-OH is 1. The molecule has 0 saturated carbocycles. The van der Waals surface area contributed by atoms with Gasteiger partial charge in [-0.15, -0.1) is 0 Å². The quantitative estimate of drug-likeness (QED) is 0.913. The van der Waals surface area contributed by atoms with E-state index in [2.05, 4.69) is 12.1 Å². The van der Waals surface area contributed by atoms with Crippen molar-refractivity contribution in [3.8, 4) is 11.5 Å². The van der Waals surface area contributed by atoms with Gasteiger partial charge in [0.2, 0.25) is 6.79 Å². The average molecular weight is 256 g/mol. The Kier molecular flexibility index (Phi) is 3.38. The second kappa shape index (κ2) is 5.33. The van der Waals surface area contributed by atoms with Crippen molar-refractivity contribution in [2.75, 3.05) is 13.4 Å². The molecule has 19 heavy (non-hydrogen) atoms. The highest BCUT2D eigenvalue weighted by atomic mass is 16.7. The average Bonchev–Trinajstić information content (AvgIpc) is 2.88. The van der Waals surface area contributed by atoms with E-state index in [1.165, 1.54) is 11.1 Å². The fraction of sp³-hybridized carbons (Fsp3) is 0.250. The molecule has 0 bridgehead atoms. The third-order valence-corrected chi connectivity index (χ3v) is 3.31. The molecule has 0 saturated heterocycles. The molecule has 1 heterocycles. The molecule has 3 nitrogen and oxygen atoms in total. The summed E-state index contributed by atoms with van der Waals surface area (Å²) < 4.78 is 10.8. The molecule has 3 rings (SSSR count). The van der Waals surface area contributed by atoms with Crippen molar-refractivity contribution in [1.82, 2.24) is 0 Å². The van der Waals surface area contributed by atoms with Crippen LogP contribution in [0.25, 0.3) is 0 Å². The van der Waals surface area contributed by atoms with Crippen molar-refractivity contribution >= 4 is 0 Å². The van der Waals surface area contributed by atoms with Gasteiger partial charge in [-0.1, -0.05) is 30.3 Å². The summed E-state index contributed by atoms with van der Waals surface area (Å²) >= 11 is 0. The highest BCUT2D eigenvalue weighted by molar-refractivity contribution is 5.50. The highest BCUT2D eigenvalue weighted by Gasteiger charge is 2.17. The molecule has 0 radical (unpaired) electrons. The summed E-state index contributed by atoms with van der Waals surface area (Å²) in [6.07, 6.45) is 1.48. The first-order valence-electron chi connectivity index (χ1n) is 6.43. The van der Waals surface area contributed by atoms with Crippen molar-refractivity contribution in [1.29, 1.82) is 0 Å². The number of rotatable bonds is 4. The Morgan fingerprint density at radius 1 is 0.947 bits per heavy atom. The molecule has 1 N–H and O–H groups in total. The van der Waals surface area contributed by atoms with E-state index < -0.39 is 0 Å². The lowest BCUT2D eigenvalue weighted by Crippen LogP contribution is -1.99. The first kappa shape index (κ1) is 12.1. The zero-order chi connectivity index (χ0) is 13.1. The lowest BCUT2D eigenvalue weighted by Gasteiger charge is -2.10. The largest absolute Gasteiger partial charge is 0.454 e. The van der Waals surface area contributed by atoms with Crippen LogP contribution in [0.4, 0.5) is 0 Å². The van der Waals surface area contributed by atoms with Crippen LogP contribution in [0.5, 0.6) is 11.5 Å². The summed E-state index contributed by atoms with van der Waals surface area (Å²) in [4.78, 5) is 0. The molecule has 0 spiro atoms. The summed E-state index contributed by atoms with van der Waals surface area (Å²) in [7, 11) is 0. The maximum Gasteiger partial charge on any atom is 0.231 e. The highest BCUT2D eigenvalue weighted by Crippen LogP contribution is 2.35. The van der Waals surface area contributed by atoms with Crippen molar-refractivity contribution in [2.45, 2.75) is 12.8 Å². The van der Waals surface area contributed by atoms with Gasteiger partial charge in [-0.05, 0) is 41.7 Å². The molecule has 2 aromatic carbocycles. The van der Waals surface area contributed by atoms with Gasteiger partial charge in [-0.2, -0.15) is 0 Å². The van der Waals surface area contributed by atoms with Crippen LogP contribution in [0.3, 0.4) is 0 Å². The van der Waals surface area contributed by atoms with Crippen LogP contribution >= 0.6 is 0 Å². The van der Waals surface area contributed by atoms with E-state index in [4.69, 9.17) is 9.47 Å². The molecule has 0 amide bonds. The normalized spacial score (nSPS) is 12.7. The van der Waals surface area contributed by atoms with E-state index in [0.29, 0.717) is 6.42 Å². The van der Waals surface area contributed by atoms with Gasteiger partial charge in [0.1, 0.15) is 0 Å². The molecule has 0 aromatic heterocycles. The molecule has 0 fully saturated rings.